The van der Waals surface area contributed by atoms with E-state index in [0.29, 0.717) is 0 Å². The van der Waals surface area contributed by atoms with Crippen molar-refractivity contribution in [3.8, 4) is 28.8 Å². The Hall–Kier alpha value is -4.43. The molecule has 0 atom stereocenters. The van der Waals surface area contributed by atoms with E-state index in [4.69, 9.17) is 30.5 Å². The molecule has 12 nitrogen and oxygen atoms in total. The van der Waals surface area contributed by atoms with Gasteiger partial charge in [0, 0.05) is 19.2 Å². The maximum atomic E-state index is 14.6. The average molecular weight is 594 g/mol. The van der Waals surface area contributed by atoms with E-state index in [0.717, 1.165) is 10.6 Å². The molecule has 0 spiro atoms. The number of aliphatic hydroxyl groups is 1. The Morgan fingerprint density at radius 3 is 2.46 bits per heavy atom. The largest absolute Gasteiger partial charge is 0.496 e. The van der Waals surface area contributed by atoms with Crippen LogP contribution in [0.25, 0.3) is 16.9 Å². The van der Waals surface area contributed by atoms with Crippen molar-refractivity contribution in [3.63, 3.8) is 0 Å². The number of halogens is 3. The number of aromatic nitrogens is 4. The summed E-state index contributed by atoms with van der Waals surface area (Å²) < 4.78 is 51.5. The van der Waals surface area contributed by atoms with E-state index in [1.807, 2.05) is 0 Å². The first-order valence-corrected chi connectivity index (χ1v) is 12.4. The van der Waals surface area contributed by atoms with Gasteiger partial charge in [0.05, 0.1) is 30.5 Å². The zero-order chi connectivity index (χ0) is 30.1. The zero-order valence-corrected chi connectivity index (χ0v) is 23.4. The highest BCUT2D eigenvalue weighted by Gasteiger charge is 2.27. The van der Waals surface area contributed by atoms with Crippen LogP contribution >= 0.6 is 11.6 Å². The number of amides is 1. The van der Waals surface area contributed by atoms with Gasteiger partial charge >= 0.3 is 5.69 Å². The number of nitrogens with zero attached hydrogens (tertiary/aromatic N) is 3. The predicted octanol–water partition coefficient (Wildman–Crippen LogP) is 2.99. The van der Waals surface area contributed by atoms with E-state index >= 15 is 0 Å². The molecule has 0 radical (unpaired) electrons. The van der Waals surface area contributed by atoms with E-state index in [2.05, 4.69) is 20.3 Å². The van der Waals surface area contributed by atoms with Crippen LogP contribution in [0.15, 0.2) is 29.1 Å². The highest BCUT2D eigenvalue weighted by atomic mass is 35.5. The second kappa shape index (κ2) is 11.6. The van der Waals surface area contributed by atoms with Crippen molar-refractivity contribution in [2.24, 2.45) is 0 Å². The van der Waals surface area contributed by atoms with E-state index in [9.17, 15) is 23.5 Å². The van der Waals surface area contributed by atoms with Gasteiger partial charge in [-0.2, -0.15) is 4.98 Å². The smallest absolute Gasteiger partial charge is 0.332 e. The lowest BCUT2D eigenvalue weighted by Gasteiger charge is -2.18. The summed E-state index contributed by atoms with van der Waals surface area (Å²) in [5, 5.41) is 12.9. The molecule has 41 heavy (non-hydrogen) atoms. The second-order valence-corrected chi connectivity index (χ2v) is 9.53. The zero-order valence-electron chi connectivity index (χ0n) is 22.6. The number of likely N-dealkylation sites (N-methyl/N-ethyl adjacent to an activating group) is 1. The fourth-order valence-electron chi connectivity index (χ4n) is 3.79. The van der Waals surface area contributed by atoms with Crippen molar-refractivity contribution in [3.05, 3.63) is 62.8 Å². The maximum absolute atomic E-state index is 14.6. The second-order valence-electron chi connectivity index (χ2n) is 9.12. The minimum atomic E-state index is -1.50. The third kappa shape index (κ3) is 5.88. The molecule has 0 unspecified atom stereocenters. The fourth-order valence-corrected chi connectivity index (χ4v) is 4.03. The molecule has 3 N–H and O–H groups in total. The van der Waals surface area contributed by atoms with Crippen molar-refractivity contribution in [2.45, 2.75) is 26.1 Å². The van der Waals surface area contributed by atoms with Crippen LogP contribution in [-0.4, -0.2) is 58.4 Å². The van der Waals surface area contributed by atoms with Gasteiger partial charge in [-0.25, -0.2) is 23.1 Å². The summed E-state index contributed by atoms with van der Waals surface area (Å²) in [4.78, 5) is 36.1. The number of ether oxygens (including phenoxy) is 4. The number of benzene rings is 2. The monoisotopic (exact) mass is 593 g/mol. The van der Waals surface area contributed by atoms with E-state index in [1.54, 1.807) is 0 Å². The number of aromatic amines is 1. The number of methoxy groups -OCH3 is 2. The summed E-state index contributed by atoms with van der Waals surface area (Å²) in [6, 6.07) is 4.75. The summed E-state index contributed by atoms with van der Waals surface area (Å²) in [6.45, 7) is 1.97. The molecule has 0 saturated heterocycles. The molecule has 0 fully saturated rings. The van der Waals surface area contributed by atoms with Crippen LogP contribution in [-0.2, 0) is 17.0 Å². The molecule has 0 aliphatic rings. The molecule has 0 aliphatic heterocycles. The number of carbonyl (C=O) groups is 1. The van der Waals surface area contributed by atoms with Crippen molar-refractivity contribution < 1.29 is 37.6 Å². The minimum Gasteiger partial charge on any atom is -0.496 e. The summed E-state index contributed by atoms with van der Waals surface area (Å²) in [7, 11) is 4.04. The van der Waals surface area contributed by atoms with Gasteiger partial charge in [-0.15, -0.1) is 0 Å². The van der Waals surface area contributed by atoms with Crippen LogP contribution in [0.2, 0.25) is 5.02 Å². The quantitative estimate of drug-likeness (QED) is 0.252. The van der Waals surface area contributed by atoms with E-state index in [1.165, 1.54) is 53.3 Å². The normalized spacial score (nSPS) is 11.4. The number of nitrogens with one attached hydrogen (secondary N) is 2. The average Bonchev–Trinajstić information content (AvgIpc) is 3.27. The number of hydrogen-bond acceptors (Lipinski definition) is 9. The molecule has 0 bridgehead atoms. The third-order valence-electron chi connectivity index (χ3n) is 5.88. The first-order chi connectivity index (χ1) is 19.4. The lowest BCUT2D eigenvalue weighted by Crippen LogP contribution is -2.25. The number of H-pyrrole nitrogens is 1. The Bertz CT molecular complexity index is 1680. The summed E-state index contributed by atoms with van der Waals surface area (Å²) in [5.74, 6) is -2.89. The van der Waals surface area contributed by atoms with Crippen molar-refractivity contribution in [1.82, 2.24) is 24.8 Å². The van der Waals surface area contributed by atoms with E-state index in [-0.39, 0.29) is 56.4 Å². The van der Waals surface area contributed by atoms with Gasteiger partial charge in [0.25, 0.3) is 5.91 Å². The highest BCUT2D eigenvalue weighted by molar-refractivity contribution is 6.32. The molecule has 2 aromatic carbocycles. The van der Waals surface area contributed by atoms with Crippen LogP contribution in [0.4, 0.5) is 8.78 Å². The third-order valence-corrected chi connectivity index (χ3v) is 6.18. The Balaban J connectivity index is 1.89. The van der Waals surface area contributed by atoms with Gasteiger partial charge in [-0.05, 0) is 26.0 Å². The molecular formula is C26H26ClF2N5O7. The molecule has 1 amide bonds. The number of fused-ring (bicyclic) bond motifs is 1. The number of imidazole rings is 1. The molecule has 218 valence electrons. The molecule has 4 aromatic rings. The maximum Gasteiger partial charge on any atom is 0.332 e. The number of carbonyl (C=O) groups excluding carboxylic acids is 1. The lowest BCUT2D eigenvalue weighted by atomic mass is 10.1. The Kier molecular flexibility index (Phi) is 8.35. The van der Waals surface area contributed by atoms with Crippen molar-refractivity contribution in [2.75, 3.05) is 27.9 Å². The Labute approximate surface area is 236 Å². The van der Waals surface area contributed by atoms with Crippen LogP contribution in [0.5, 0.6) is 23.1 Å². The molecule has 4 rings (SSSR count). The Morgan fingerprint density at radius 1 is 1.12 bits per heavy atom. The van der Waals surface area contributed by atoms with Gasteiger partial charge in [0.1, 0.15) is 23.5 Å². The summed E-state index contributed by atoms with van der Waals surface area (Å²) >= 11 is 6.57. The van der Waals surface area contributed by atoms with Gasteiger partial charge in [-0.1, -0.05) is 11.6 Å². The standard InChI is InChI=1S/C26H26ClF2N5O7/c1-26(2,37)24-32-22-21(23(33-24)39-5)31-25(36)34(22)15-9-18(17(8-13(15)27)41-11-19(35)30-3)40-10-12-16(38-4)7-6-14(28)20(12)29/h6-9,37H,10-11H2,1-5H3,(H,30,35)(H,31,36). The van der Waals surface area contributed by atoms with Gasteiger partial charge in [0.15, 0.2) is 41.2 Å². The molecule has 2 heterocycles. The number of rotatable bonds is 10. The van der Waals surface area contributed by atoms with Crippen LogP contribution < -0.4 is 30.0 Å². The molecule has 0 aliphatic carbocycles. The fraction of sp³-hybridized carbons (Fsp3) is 0.308. The Morgan fingerprint density at radius 2 is 1.83 bits per heavy atom. The van der Waals surface area contributed by atoms with Crippen LogP contribution in [0.1, 0.15) is 25.2 Å². The molecule has 2 aromatic heterocycles. The summed E-state index contributed by atoms with van der Waals surface area (Å²) in [5.41, 5.74) is -2.23. The van der Waals surface area contributed by atoms with E-state index < -0.39 is 42.0 Å². The minimum absolute atomic E-state index is 0.00484. The topological polar surface area (TPSA) is 150 Å². The highest BCUT2D eigenvalue weighted by Crippen LogP contribution is 2.38. The first kappa shape index (κ1) is 29.6. The lowest BCUT2D eigenvalue weighted by molar-refractivity contribution is -0.122. The van der Waals surface area contributed by atoms with Crippen molar-refractivity contribution in [1.29, 1.82) is 0 Å². The number of hydrogen-bond donors (Lipinski definition) is 3. The predicted molar refractivity (Wildman–Crippen MR) is 143 cm³/mol. The molecule has 15 heteroatoms. The van der Waals surface area contributed by atoms with Gasteiger partial charge < -0.3 is 29.4 Å². The van der Waals surface area contributed by atoms with Gasteiger partial charge in [0.2, 0.25) is 5.88 Å². The summed E-state index contributed by atoms with van der Waals surface area (Å²) in [6.07, 6.45) is 0. The van der Waals surface area contributed by atoms with Gasteiger partial charge in [-0.3, -0.25) is 9.78 Å². The molecule has 0 saturated carbocycles. The molecular weight excluding hydrogens is 568 g/mol. The van der Waals surface area contributed by atoms with Crippen LogP contribution in [0, 0.1) is 11.6 Å². The van der Waals surface area contributed by atoms with Crippen molar-refractivity contribution >= 4 is 28.7 Å². The van der Waals surface area contributed by atoms with Crippen LogP contribution in [0.3, 0.4) is 0 Å². The SMILES string of the molecule is CNC(=O)COc1cc(Cl)c(-n2c(=O)[nH]c3c(OC)nc(C(C)(C)O)nc32)cc1OCc1c(OC)ccc(F)c1F. The first-order valence-electron chi connectivity index (χ1n) is 12.0.